The molecule has 2 N–H and O–H groups in total. The Morgan fingerprint density at radius 3 is 2.16 bits per heavy atom. The Balaban J connectivity index is 1.38. The van der Waals surface area contributed by atoms with E-state index in [-0.39, 0.29) is 40.9 Å². The average molecular weight is 508 g/mol. The smallest absolute Gasteiger partial charge is 0.246 e. The summed E-state index contributed by atoms with van der Waals surface area (Å²) in [4.78, 5) is 66.0. The number of hydrogen-bond acceptors (Lipinski definition) is 5. The summed E-state index contributed by atoms with van der Waals surface area (Å²) < 4.78 is 0. The fourth-order valence-corrected chi connectivity index (χ4v) is 6.84. The van der Waals surface area contributed by atoms with Crippen LogP contribution in [-0.2, 0) is 36.8 Å². The third-order valence-electron chi connectivity index (χ3n) is 9.18. The molecule has 2 saturated carbocycles. The highest BCUT2D eigenvalue weighted by atomic mass is 16.2. The fraction of sp³-hybridized carbons (Fsp3) is 0.621. The van der Waals surface area contributed by atoms with Crippen molar-refractivity contribution in [2.45, 2.75) is 77.9 Å². The molecule has 1 unspecified atom stereocenters. The van der Waals surface area contributed by atoms with E-state index in [4.69, 9.17) is 0 Å². The van der Waals surface area contributed by atoms with Crippen LogP contribution in [0.4, 0.5) is 0 Å². The SMILES string of the molecule is CC(=O)N[C@H](C(=O)N1C[C@H]2[C@@H]([C@H]1C(=O)NC(CC1CC1)C(=O)C(C)=O)C2(C)C)C1Cc2ccccc2C1. The third kappa shape index (κ3) is 4.82. The van der Waals surface area contributed by atoms with E-state index < -0.39 is 29.7 Å². The van der Waals surface area contributed by atoms with Crippen LogP contribution in [0.2, 0.25) is 0 Å². The molecule has 1 saturated heterocycles. The summed E-state index contributed by atoms with van der Waals surface area (Å²) in [6.07, 6.45) is 3.81. The first kappa shape index (κ1) is 25.6. The molecule has 5 rings (SSSR count). The van der Waals surface area contributed by atoms with Crippen molar-refractivity contribution in [1.29, 1.82) is 0 Å². The van der Waals surface area contributed by atoms with Gasteiger partial charge in [0.05, 0.1) is 6.04 Å². The number of amides is 3. The maximum atomic E-state index is 14.0. The van der Waals surface area contributed by atoms with Crippen LogP contribution >= 0.6 is 0 Å². The van der Waals surface area contributed by atoms with E-state index in [1.165, 1.54) is 25.0 Å². The third-order valence-corrected chi connectivity index (χ3v) is 9.18. The largest absolute Gasteiger partial charge is 0.344 e. The molecular weight excluding hydrogens is 470 g/mol. The maximum absolute atomic E-state index is 14.0. The second kappa shape index (κ2) is 9.37. The maximum Gasteiger partial charge on any atom is 0.246 e. The van der Waals surface area contributed by atoms with E-state index in [0.717, 1.165) is 12.8 Å². The average Bonchev–Trinajstić information content (AvgIpc) is 3.59. The number of benzene rings is 1. The Morgan fingerprint density at radius 1 is 1.00 bits per heavy atom. The van der Waals surface area contributed by atoms with Crippen molar-refractivity contribution in [2.75, 3.05) is 6.54 Å². The minimum absolute atomic E-state index is 0.0239. The Bertz CT molecular complexity index is 1130. The number of nitrogens with zero attached hydrogens (tertiary/aromatic N) is 1. The van der Waals surface area contributed by atoms with Crippen LogP contribution in [0.5, 0.6) is 0 Å². The normalized spacial score (nSPS) is 27.0. The zero-order chi connectivity index (χ0) is 26.6. The quantitative estimate of drug-likeness (QED) is 0.495. The van der Waals surface area contributed by atoms with Gasteiger partial charge in [-0.2, -0.15) is 0 Å². The standard InChI is InChI=1S/C29H37N3O5/c1-15(33)26(35)22(11-17-9-10-17)31-27(36)25-23-21(29(23,3)4)14-32(25)28(37)24(30-16(2)34)20-12-18-7-5-6-8-19(18)13-20/h5-8,17,20-25H,9-14H2,1-4H3,(H,30,34)(H,31,36)/t21-,22?,23-,24-,25-/m0/s1. The lowest BCUT2D eigenvalue weighted by molar-refractivity contribution is -0.145. The van der Waals surface area contributed by atoms with Crippen LogP contribution in [0.15, 0.2) is 24.3 Å². The first-order valence-corrected chi connectivity index (χ1v) is 13.5. The van der Waals surface area contributed by atoms with Gasteiger partial charge in [0.1, 0.15) is 12.1 Å². The molecule has 0 aromatic heterocycles. The Kier molecular flexibility index (Phi) is 6.49. The molecule has 3 aliphatic carbocycles. The molecule has 37 heavy (non-hydrogen) atoms. The molecular formula is C29H37N3O5. The van der Waals surface area contributed by atoms with Crippen LogP contribution in [0.1, 0.15) is 58.1 Å². The zero-order valence-corrected chi connectivity index (χ0v) is 22.1. The van der Waals surface area contributed by atoms with Gasteiger partial charge in [0.15, 0.2) is 5.78 Å². The minimum Gasteiger partial charge on any atom is -0.344 e. The molecule has 5 atom stereocenters. The number of Topliss-reactive ketones (excluding diaryl/α,β-unsaturated/α-hetero) is 2. The number of rotatable bonds is 9. The number of piperidine rings is 1. The Morgan fingerprint density at radius 2 is 1.62 bits per heavy atom. The van der Waals surface area contributed by atoms with Gasteiger partial charge in [-0.1, -0.05) is 51.0 Å². The molecule has 198 valence electrons. The highest BCUT2D eigenvalue weighted by Crippen LogP contribution is 2.65. The summed E-state index contributed by atoms with van der Waals surface area (Å²) in [5.74, 6) is -1.64. The molecule has 1 heterocycles. The predicted molar refractivity (Wildman–Crippen MR) is 136 cm³/mol. The predicted octanol–water partition coefficient (Wildman–Crippen LogP) is 1.83. The topological polar surface area (TPSA) is 113 Å². The van der Waals surface area contributed by atoms with E-state index in [9.17, 15) is 24.0 Å². The lowest BCUT2D eigenvalue weighted by Gasteiger charge is -2.35. The van der Waals surface area contributed by atoms with E-state index >= 15 is 0 Å². The molecule has 8 nitrogen and oxygen atoms in total. The van der Waals surface area contributed by atoms with Gasteiger partial charge in [0, 0.05) is 20.4 Å². The molecule has 1 aromatic rings. The van der Waals surface area contributed by atoms with Crippen molar-refractivity contribution in [3.05, 3.63) is 35.4 Å². The van der Waals surface area contributed by atoms with Gasteiger partial charge in [0.25, 0.3) is 0 Å². The van der Waals surface area contributed by atoms with Crippen LogP contribution in [0.25, 0.3) is 0 Å². The van der Waals surface area contributed by atoms with Gasteiger partial charge < -0.3 is 15.5 Å². The molecule has 3 amide bonds. The summed E-state index contributed by atoms with van der Waals surface area (Å²) in [6.45, 7) is 7.29. The molecule has 3 fully saturated rings. The number of carbonyl (C=O) groups is 5. The van der Waals surface area contributed by atoms with Crippen molar-refractivity contribution in [1.82, 2.24) is 15.5 Å². The highest BCUT2D eigenvalue weighted by Gasteiger charge is 2.69. The molecule has 4 aliphatic rings. The van der Waals surface area contributed by atoms with Crippen LogP contribution in [0.3, 0.4) is 0 Å². The van der Waals surface area contributed by atoms with Gasteiger partial charge >= 0.3 is 0 Å². The second-order valence-corrected chi connectivity index (χ2v) is 12.2. The summed E-state index contributed by atoms with van der Waals surface area (Å²) in [6, 6.07) is 5.75. The zero-order valence-electron chi connectivity index (χ0n) is 22.1. The molecule has 1 aromatic carbocycles. The summed E-state index contributed by atoms with van der Waals surface area (Å²) in [5, 5.41) is 5.75. The molecule has 0 spiro atoms. The van der Waals surface area contributed by atoms with Gasteiger partial charge in [-0.25, -0.2) is 0 Å². The number of likely N-dealkylation sites (tertiary alicyclic amines) is 1. The van der Waals surface area contributed by atoms with E-state index in [0.29, 0.717) is 31.7 Å². The van der Waals surface area contributed by atoms with E-state index in [1.807, 2.05) is 12.1 Å². The molecule has 8 heteroatoms. The van der Waals surface area contributed by atoms with Crippen LogP contribution < -0.4 is 10.6 Å². The number of fused-ring (bicyclic) bond motifs is 2. The van der Waals surface area contributed by atoms with Gasteiger partial charge in [0.2, 0.25) is 23.5 Å². The first-order chi connectivity index (χ1) is 17.5. The fourth-order valence-electron chi connectivity index (χ4n) is 6.84. The van der Waals surface area contributed by atoms with Crippen molar-refractivity contribution in [3.8, 4) is 0 Å². The lowest BCUT2D eigenvalue weighted by atomic mass is 9.93. The first-order valence-electron chi connectivity index (χ1n) is 13.5. The van der Waals surface area contributed by atoms with Gasteiger partial charge in [-0.3, -0.25) is 24.0 Å². The lowest BCUT2D eigenvalue weighted by Crippen LogP contribution is -2.59. The monoisotopic (exact) mass is 507 g/mol. The van der Waals surface area contributed by atoms with Crippen molar-refractivity contribution in [3.63, 3.8) is 0 Å². The Hall–Kier alpha value is -3.03. The highest BCUT2D eigenvalue weighted by molar-refractivity contribution is 6.38. The van der Waals surface area contributed by atoms with Crippen LogP contribution in [0, 0.1) is 29.1 Å². The number of nitrogens with one attached hydrogen (secondary N) is 2. The van der Waals surface area contributed by atoms with Gasteiger partial charge in [-0.05, 0) is 59.5 Å². The van der Waals surface area contributed by atoms with E-state index in [1.54, 1.807) is 4.90 Å². The second-order valence-electron chi connectivity index (χ2n) is 12.2. The van der Waals surface area contributed by atoms with Crippen molar-refractivity contribution < 1.29 is 24.0 Å². The summed E-state index contributed by atoms with van der Waals surface area (Å²) >= 11 is 0. The number of carbonyl (C=O) groups excluding carboxylic acids is 5. The number of hydrogen-bond donors (Lipinski definition) is 2. The van der Waals surface area contributed by atoms with E-state index in [2.05, 4.69) is 36.6 Å². The Labute approximate surface area is 217 Å². The molecule has 0 bridgehead atoms. The van der Waals surface area contributed by atoms with Crippen LogP contribution in [-0.4, -0.2) is 58.9 Å². The summed E-state index contributed by atoms with van der Waals surface area (Å²) in [7, 11) is 0. The van der Waals surface area contributed by atoms with Crippen molar-refractivity contribution >= 4 is 29.3 Å². The number of ketones is 2. The minimum atomic E-state index is -0.856. The molecule has 1 aliphatic heterocycles. The molecule has 0 radical (unpaired) electrons. The van der Waals surface area contributed by atoms with Gasteiger partial charge in [-0.15, -0.1) is 0 Å². The van der Waals surface area contributed by atoms with Crippen molar-refractivity contribution in [2.24, 2.45) is 29.1 Å². The summed E-state index contributed by atoms with van der Waals surface area (Å²) in [5.41, 5.74) is 2.27.